The number of esters is 1. The van der Waals surface area contributed by atoms with Crippen LogP contribution in [0.3, 0.4) is 0 Å². The summed E-state index contributed by atoms with van der Waals surface area (Å²) < 4.78 is 28.3. The number of aryl methyl sites for hydroxylation is 3. The van der Waals surface area contributed by atoms with E-state index in [9.17, 15) is 33.9 Å². The summed E-state index contributed by atoms with van der Waals surface area (Å²) in [4.78, 5) is 79.8. The predicted octanol–water partition coefficient (Wildman–Crippen LogP) is 3.70. The molecule has 284 valence electrons. The Bertz CT molecular complexity index is 1940. The number of thioether (sulfide) groups is 1. The number of carbonyl (C=O) groups is 5. The van der Waals surface area contributed by atoms with E-state index in [0.29, 0.717) is 85.6 Å². The minimum atomic E-state index is -1.38. The normalized spacial score (nSPS) is 16.4. The molecule has 2 N–H and O–H groups in total. The van der Waals surface area contributed by atoms with Gasteiger partial charge in [-0.3, -0.25) is 14.4 Å². The van der Waals surface area contributed by atoms with E-state index in [1.807, 2.05) is 6.26 Å². The number of hydrogen-bond donors (Lipinski definition) is 2. The van der Waals surface area contributed by atoms with Gasteiger partial charge in [0.25, 0.3) is 0 Å². The Kier molecular flexibility index (Phi) is 12.6. The number of nitrogens with one attached hydrogen (secondary N) is 1. The maximum Gasteiger partial charge on any atom is 0.410 e. The maximum atomic E-state index is 15.3. The number of likely N-dealkylation sites (tertiary alicyclic amines) is 1. The van der Waals surface area contributed by atoms with Crippen LogP contribution >= 0.6 is 11.8 Å². The number of carboxylic acids is 1. The molecule has 0 saturated carbocycles. The van der Waals surface area contributed by atoms with Crippen molar-refractivity contribution in [3.8, 4) is 5.75 Å². The number of anilines is 1. The van der Waals surface area contributed by atoms with Gasteiger partial charge in [0.05, 0.1) is 11.2 Å². The van der Waals surface area contributed by atoms with E-state index in [1.54, 1.807) is 60.2 Å². The number of fused-ring (bicyclic) bond motifs is 1. The lowest BCUT2D eigenvalue weighted by molar-refractivity contribution is -0.147. The van der Waals surface area contributed by atoms with E-state index >= 15 is 4.39 Å². The van der Waals surface area contributed by atoms with Crippen LogP contribution in [0.1, 0.15) is 53.2 Å². The van der Waals surface area contributed by atoms with Crippen molar-refractivity contribution in [3.63, 3.8) is 0 Å². The molecule has 16 heteroatoms. The summed E-state index contributed by atoms with van der Waals surface area (Å²) in [5.74, 6) is -1.85. The number of aromatic nitrogens is 1. The number of piperazine rings is 1. The number of aromatic carboxylic acids is 1. The number of carbonyl (C=O) groups excluding carboxylic acids is 4. The fraction of sp³-hybridized carbons (Fsp3) is 0.459. The second-order valence-electron chi connectivity index (χ2n) is 13.1. The van der Waals surface area contributed by atoms with Crippen molar-refractivity contribution < 1.29 is 42.9 Å². The van der Waals surface area contributed by atoms with Gasteiger partial charge in [-0.15, -0.1) is 0 Å². The van der Waals surface area contributed by atoms with Gasteiger partial charge in [-0.2, -0.15) is 11.8 Å². The molecule has 5 rings (SSSR count). The fourth-order valence-corrected chi connectivity index (χ4v) is 7.42. The van der Waals surface area contributed by atoms with Crippen LogP contribution in [-0.2, 0) is 32.3 Å². The molecule has 1 aromatic heterocycles. The summed E-state index contributed by atoms with van der Waals surface area (Å²) >= 11 is 1.56. The number of amides is 3. The van der Waals surface area contributed by atoms with Gasteiger partial charge in [0.1, 0.15) is 35.8 Å². The Labute approximate surface area is 310 Å². The van der Waals surface area contributed by atoms with Gasteiger partial charge in [0, 0.05) is 50.9 Å². The molecule has 0 aliphatic carbocycles. The monoisotopic (exact) mass is 753 g/mol. The van der Waals surface area contributed by atoms with Crippen LogP contribution in [-0.4, -0.2) is 107 Å². The maximum absolute atomic E-state index is 15.3. The van der Waals surface area contributed by atoms with Crippen LogP contribution in [0, 0.1) is 19.7 Å². The van der Waals surface area contributed by atoms with Gasteiger partial charge in [0.15, 0.2) is 0 Å². The molecule has 0 radical (unpaired) electrons. The van der Waals surface area contributed by atoms with Crippen molar-refractivity contribution in [2.24, 2.45) is 0 Å². The minimum absolute atomic E-state index is 0.0146. The van der Waals surface area contributed by atoms with Crippen LogP contribution in [0.5, 0.6) is 5.75 Å². The summed E-state index contributed by atoms with van der Waals surface area (Å²) in [5, 5.41) is 12.0. The molecular formula is C37H44FN5O9S. The lowest BCUT2D eigenvalue weighted by atomic mass is 10.1. The van der Waals surface area contributed by atoms with Gasteiger partial charge in [-0.25, -0.2) is 18.8 Å². The van der Waals surface area contributed by atoms with Crippen molar-refractivity contribution >= 4 is 58.7 Å². The molecule has 2 aliphatic rings. The molecule has 2 aromatic carbocycles. The van der Waals surface area contributed by atoms with Crippen LogP contribution in [0.4, 0.5) is 14.9 Å². The first kappa shape index (κ1) is 39.1. The van der Waals surface area contributed by atoms with Crippen LogP contribution < -0.4 is 20.4 Å². The molecule has 2 saturated heterocycles. The van der Waals surface area contributed by atoms with Gasteiger partial charge in [0.2, 0.25) is 17.7 Å². The molecule has 2 fully saturated rings. The quantitative estimate of drug-likeness (QED) is 0.148. The third-order valence-electron chi connectivity index (χ3n) is 9.67. The number of pyridine rings is 1. The highest BCUT2D eigenvalue weighted by Crippen LogP contribution is 2.29. The summed E-state index contributed by atoms with van der Waals surface area (Å²) in [7, 11) is 0. The van der Waals surface area contributed by atoms with Gasteiger partial charge in [-0.05, 0) is 93.0 Å². The van der Waals surface area contributed by atoms with Crippen molar-refractivity contribution in [1.29, 1.82) is 0 Å². The third-order valence-corrected chi connectivity index (χ3v) is 10.3. The average Bonchev–Trinajstić information content (AvgIpc) is 3.64. The molecule has 0 unspecified atom stereocenters. The van der Waals surface area contributed by atoms with Gasteiger partial charge in [-0.1, -0.05) is 0 Å². The molecule has 0 spiro atoms. The standard InChI is InChI=1S/C37H44FN5O9S/c1-5-40-19-26(35(47)48)32(45)25-17-27(38)31(18-30(25)40)41-10-12-42(13-11-41)37(50)51-20-24-15-22(2)33(23(3)16-24)52-36(49)29-7-6-9-43(29)34(46)28(39-21-44)8-14-53-4/h15-19,21,28-29H,5-14,20H2,1-4H3,(H,39,44)(H,47,48)/t28-,29+/m0/s1. The van der Waals surface area contributed by atoms with Crippen LogP contribution in [0.2, 0.25) is 0 Å². The molecule has 3 aromatic rings. The minimum Gasteiger partial charge on any atom is -0.477 e. The summed E-state index contributed by atoms with van der Waals surface area (Å²) in [6, 6.07) is 4.67. The Morgan fingerprint density at radius 1 is 1.08 bits per heavy atom. The summed E-state index contributed by atoms with van der Waals surface area (Å²) in [5.41, 5.74) is 1.48. The lowest BCUT2D eigenvalue weighted by Gasteiger charge is -2.35. The number of rotatable bonds is 13. The number of ether oxygens (including phenoxy) is 2. The Hall–Kier alpha value is -5.12. The zero-order chi connectivity index (χ0) is 38.4. The van der Waals surface area contributed by atoms with Crippen molar-refractivity contribution in [2.45, 2.75) is 65.3 Å². The molecular weight excluding hydrogens is 709 g/mol. The predicted molar refractivity (Wildman–Crippen MR) is 197 cm³/mol. The van der Waals surface area contributed by atoms with E-state index in [-0.39, 0.29) is 36.7 Å². The first-order valence-corrected chi connectivity index (χ1v) is 18.8. The van der Waals surface area contributed by atoms with Crippen LogP contribution in [0.15, 0.2) is 35.3 Å². The van der Waals surface area contributed by atoms with E-state index in [4.69, 9.17) is 9.47 Å². The molecule has 2 aliphatic heterocycles. The topological polar surface area (TPSA) is 168 Å². The number of halogens is 1. The Morgan fingerprint density at radius 2 is 1.77 bits per heavy atom. The molecule has 0 bridgehead atoms. The smallest absolute Gasteiger partial charge is 0.410 e. The lowest BCUT2D eigenvalue weighted by Crippen LogP contribution is -2.51. The molecule has 3 amide bonds. The summed E-state index contributed by atoms with van der Waals surface area (Å²) in [6.45, 7) is 7.20. The SMILES string of the molecule is CCn1cc(C(=O)O)c(=O)c2cc(F)c(N3CCN(C(=O)OCc4cc(C)c(OC(=O)[C@H]5CCCN5C(=O)[C@H](CCSC)NC=O)c(C)c4)CC3)cc21. The first-order valence-electron chi connectivity index (χ1n) is 17.5. The largest absolute Gasteiger partial charge is 0.477 e. The number of hydrogen-bond acceptors (Lipinski definition) is 10. The van der Waals surface area contributed by atoms with E-state index in [0.717, 1.165) is 6.07 Å². The van der Waals surface area contributed by atoms with Crippen molar-refractivity contribution in [2.75, 3.05) is 49.6 Å². The molecule has 3 heterocycles. The molecule has 2 atom stereocenters. The fourth-order valence-electron chi connectivity index (χ4n) is 6.95. The second-order valence-corrected chi connectivity index (χ2v) is 14.1. The zero-order valence-electron chi connectivity index (χ0n) is 30.2. The Morgan fingerprint density at radius 3 is 2.40 bits per heavy atom. The van der Waals surface area contributed by atoms with Crippen LogP contribution in [0.25, 0.3) is 10.9 Å². The molecule has 14 nitrogen and oxygen atoms in total. The highest BCUT2D eigenvalue weighted by atomic mass is 32.2. The summed E-state index contributed by atoms with van der Waals surface area (Å²) in [6.07, 6.45) is 4.68. The number of benzene rings is 2. The highest BCUT2D eigenvalue weighted by Gasteiger charge is 2.38. The average molecular weight is 754 g/mol. The van der Waals surface area contributed by atoms with E-state index < -0.39 is 46.9 Å². The molecule has 53 heavy (non-hydrogen) atoms. The van der Waals surface area contributed by atoms with Crippen molar-refractivity contribution in [3.05, 3.63) is 68.8 Å². The van der Waals surface area contributed by atoms with E-state index in [1.165, 1.54) is 16.0 Å². The van der Waals surface area contributed by atoms with E-state index in [2.05, 4.69) is 5.32 Å². The Balaban J connectivity index is 1.18. The van der Waals surface area contributed by atoms with Gasteiger partial charge < -0.3 is 39.2 Å². The van der Waals surface area contributed by atoms with Crippen molar-refractivity contribution in [1.82, 2.24) is 19.7 Å². The number of nitrogens with zero attached hydrogens (tertiary/aromatic N) is 4. The number of carboxylic acid groups (broad SMARTS) is 1. The first-order chi connectivity index (χ1) is 25.4. The second kappa shape index (κ2) is 17.1. The highest BCUT2D eigenvalue weighted by molar-refractivity contribution is 7.98. The third kappa shape index (κ3) is 8.58. The van der Waals surface area contributed by atoms with Gasteiger partial charge >= 0.3 is 18.0 Å². The zero-order valence-corrected chi connectivity index (χ0v) is 31.0.